The highest BCUT2D eigenvalue weighted by molar-refractivity contribution is 5.35. The predicted octanol–water partition coefficient (Wildman–Crippen LogP) is -1.27. The first-order valence-corrected chi connectivity index (χ1v) is 4.29. The van der Waals surface area contributed by atoms with Crippen LogP contribution in [0, 0.1) is 40.5 Å². The van der Waals surface area contributed by atoms with Gasteiger partial charge >= 0.3 is 23.2 Å². The van der Waals surface area contributed by atoms with E-state index in [1.165, 1.54) is 0 Å². The van der Waals surface area contributed by atoms with Gasteiger partial charge in [-0.05, 0) is 0 Å². The van der Waals surface area contributed by atoms with Crippen molar-refractivity contribution in [3.63, 3.8) is 0 Å². The van der Waals surface area contributed by atoms with Gasteiger partial charge in [0.25, 0.3) is 0 Å². The van der Waals surface area contributed by atoms with Crippen LogP contribution in [-0.4, -0.2) is 42.9 Å². The fraction of sp³-hybridized carbons (Fsp3) is 1.00. The number of rotatable bonds is 4. The Kier molecular flexibility index (Phi) is 1.72. The van der Waals surface area contributed by atoms with Crippen LogP contribution < -0.4 is 0 Å². The Morgan fingerprint density at radius 1 is 0.765 bits per heavy atom. The molecule has 3 rings (SSSR count). The minimum Gasteiger partial charge on any atom is -0.264 e. The van der Waals surface area contributed by atoms with Gasteiger partial charge in [0.15, 0.2) is 0 Å². The summed E-state index contributed by atoms with van der Waals surface area (Å²) in [4.78, 5) is 38.0. The molecule has 0 amide bonds. The quantitative estimate of drug-likeness (QED) is 0.436. The fourth-order valence-electron chi connectivity index (χ4n) is 2.91. The summed E-state index contributed by atoms with van der Waals surface area (Å²) in [6.07, 6.45) is -0.767. The van der Waals surface area contributed by atoms with Crippen LogP contribution in [0.3, 0.4) is 0 Å². The van der Waals surface area contributed by atoms with Crippen molar-refractivity contribution in [2.45, 2.75) is 29.6 Å². The minimum atomic E-state index is -2.43. The molecule has 0 unspecified atom stereocenters. The van der Waals surface area contributed by atoms with Crippen LogP contribution in [-0.2, 0) is 0 Å². The average Bonchev–Trinajstić information content (AvgIpc) is 1.94. The minimum absolute atomic E-state index is 0.767. The maximum absolute atomic E-state index is 10.7. The largest absolute Gasteiger partial charge is 0.375 e. The van der Waals surface area contributed by atoms with Crippen molar-refractivity contribution in [3.8, 4) is 0 Å². The Labute approximate surface area is 90.8 Å². The predicted molar refractivity (Wildman–Crippen MR) is 45.6 cm³/mol. The molecular weight excluding hydrogens is 244 g/mol. The number of hydrogen-bond acceptors (Lipinski definition) is 8. The molecule has 3 fully saturated rings. The van der Waals surface area contributed by atoms with Crippen LogP contribution in [0.2, 0.25) is 0 Å². The van der Waals surface area contributed by atoms with E-state index in [9.17, 15) is 40.5 Å². The Morgan fingerprint density at radius 2 is 1.06 bits per heavy atom. The van der Waals surface area contributed by atoms with Gasteiger partial charge in [-0.1, -0.05) is 0 Å². The van der Waals surface area contributed by atoms with E-state index < -0.39 is 49.3 Å². The third kappa shape index (κ3) is 0.808. The first-order chi connectivity index (χ1) is 7.72. The topological polar surface area (TPSA) is 173 Å². The fourth-order valence-corrected chi connectivity index (χ4v) is 2.91. The lowest BCUT2D eigenvalue weighted by Crippen LogP contribution is -3.01. The molecule has 0 radical (unpaired) electrons. The van der Waals surface area contributed by atoms with Crippen LogP contribution in [0.1, 0.15) is 6.42 Å². The van der Waals surface area contributed by atoms with Crippen molar-refractivity contribution >= 4 is 0 Å². The van der Waals surface area contributed by atoms with Crippen molar-refractivity contribution in [2.24, 2.45) is 0 Å². The second kappa shape index (κ2) is 2.64. The molecule has 0 aromatic heterocycles. The maximum Gasteiger partial charge on any atom is 0.375 e. The van der Waals surface area contributed by atoms with E-state index in [1.807, 2.05) is 0 Å². The third-order valence-electron chi connectivity index (χ3n) is 3.56. The lowest BCUT2D eigenvalue weighted by Gasteiger charge is -2.55. The van der Waals surface area contributed by atoms with Crippen molar-refractivity contribution in [2.75, 3.05) is 0 Å². The Balaban J connectivity index is 2.51. The summed E-state index contributed by atoms with van der Waals surface area (Å²) in [5.74, 6) is 0. The summed E-state index contributed by atoms with van der Waals surface area (Å²) in [7, 11) is 0. The molecule has 0 atom stereocenters. The molecule has 0 aromatic rings. The van der Waals surface area contributed by atoms with Crippen molar-refractivity contribution in [1.82, 2.24) is 0 Å². The molecule has 2 bridgehead atoms. The SMILES string of the molecule is O=[N+]([O-])C1C2([N+](=O)[O-])CC1([N+](=O)[O-])C2[N+](=O)[O-]. The number of nitrogens with zero attached hydrogens (tertiary/aromatic N) is 4. The molecule has 0 N–H and O–H groups in total. The van der Waals surface area contributed by atoms with Crippen molar-refractivity contribution in [1.29, 1.82) is 0 Å². The summed E-state index contributed by atoms with van der Waals surface area (Å²) < 4.78 is 0. The van der Waals surface area contributed by atoms with Crippen molar-refractivity contribution < 1.29 is 19.7 Å². The molecule has 3 aliphatic rings. The highest BCUT2D eigenvalue weighted by Crippen LogP contribution is 2.65. The smallest absolute Gasteiger partial charge is 0.264 e. The van der Waals surface area contributed by atoms with E-state index in [-0.39, 0.29) is 0 Å². The van der Waals surface area contributed by atoms with Gasteiger partial charge in [0.2, 0.25) is 0 Å². The van der Waals surface area contributed by atoms with Gasteiger partial charge in [-0.15, -0.1) is 0 Å². The van der Waals surface area contributed by atoms with Gasteiger partial charge in [-0.3, -0.25) is 40.5 Å². The van der Waals surface area contributed by atoms with Gasteiger partial charge in [-0.25, -0.2) is 0 Å². The summed E-state index contributed by atoms with van der Waals surface area (Å²) in [6.45, 7) is 0. The molecule has 0 saturated heterocycles. The zero-order valence-corrected chi connectivity index (χ0v) is 7.92. The van der Waals surface area contributed by atoms with E-state index in [2.05, 4.69) is 0 Å². The van der Waals surface area contributed by atoms with Crippen LogP contribution in [0.25, 0.3) is 0 Å². The van der Waals surface area contributed by atoms with Crippen molar-refractivity contribution in [3.05, 3.63) is 40.5 Å². The first-order valence-electron chi connectivity index (χ1n) is 4.29. The summed E-state index contributed by atoms with van der Waals surface area (Å²) in [6, 6.07) is -4.26. The summed E-state index contributed by atoms with van der Waals surface area (Å²) in [5, 5.41) is 42.6. The Morgan fingerprint density at radius 3 is 1.24 bits per heavy atom. The molecule has 0 spiro atoms. The molecule has 0 heterocycles. The molecule has 0 aromatic carbocycles. The van der Waals surface area contributed by atoms with Gasteiger partial charge in [0.1, 0.15) is 6.42 Å². The third-order valence-corrected chi connectivity index (χ3v) is 3.56. The second-order valence-corrected chi connectivity index (χ2v) is 4.05. The average molecular weight is 248 g/mol. The molecular formula is C5H4N4O8. The first kappa shape index (κ1) is 11.1. The lowest BCUT2D eigenvalue weighted by molar-refractivity contribution is -0.871. The van der Waals surface area contributed by atoms with Crippen LogP contribution in [0.4, 0.5) is 0 Å². The lowest BCUT2D eigenvalue weighted by atomic mass is 9.37. The van der Waals surface area contributed by atoms with Gasteiger partial charge < -0.3 is 0 Å². The van der Waals surface area contributed by atoms with E-state index in [4.69, 9.17) is 0 Å². The summed E-state index contributed by atoms with van der Waals surface area (Å²) >= 11 is 0. The van der Waals surface area contributed by atoms with E-state index >= 15 is 0 Å². The molecule has 12 nitrogen and oxygen atoms in total. The van der Waals surface area contributed by atoms with Crippen LogP contribution in [0.5, 0.6) is 0 Å². The van der Waals surface area contributed by atoms with Gasteiger partial charge in [-0.2, -0.15) is 0 Å². The molecule has 12 heteroatoms. The highest BCUT2D eigenvalue weighted by Gasteiger charge is 3.12. The van der Waals surface area contributed by atoms with E-state index in [1.54, 1.807) is 0 Å². The van der Waals surface area contributed by atoms with Crippen LogP contribution >= 0.6 is 0 Å². The second-order valence-electron chi connectivity index (χ2n) is 4.05. The standard InChI is InChI=1S/C5H4N4O8/c10-6(11)2-4(8(14)15)1-5(2,9(16)17)3(4)7(12)13/h2-3H,1H2. The number of hydrogen-bond donors (Lipinski definition) is 0. The Bertz CT molecular complexity index is 423. The monoisotopic (exact) mass is 248 g/mol. The highest BCUT2D eigenvalue weighted by atomic mass is 16.7. The van der Waals surface area contributed by atoms with Gasteiger partial charge in [0, 0.05) is 19.7 Å². The van der Waals surface area contributed by atoms with Gasteiger partial charge in [0.05, 0.1) is 0 Å². The van der Waals surface area contributed by atoms with E-state index in [0.29, 0.717) is 0 Å². The number of nitro groups is 4. The molecule has 0 aliphatic heterocycles. The zero-order chi connectivity index (χ0) is 13.2. The normalized spacial score (nSPS) is 41.9. The zero-order valence-electron chi connectivity index (χ0n) is 7.92. The molecule has 17 heavy (non-hydrogen) atoms. The van der Waals surface area contributed by atoms with Crippen LogP contribution in [0.15, 0.2) is 0 Å². The molecule has 3 saturated carbocycles. The Hall–Kier alpha value is -2.40. The summed E-state index contributed by atoms with van der Waals surface area (Å²) in [5.41, 5.74) is -4.86. The molecule has 3 aliphatic carbocycles. The maximum atomic E-state index is 10.7. The molecule has 92 valence electrons. The van der Waals surface area contributed by atoms with E-state index in [0.717, 1.165) is 0 Å².